The van der Waals surface area contributed by atoms with E-state index in [-0.39, 0.29) is 11.8 Å². The zero-order valence-corrected chi connectivity index (χ0v) is 18.9. The number of rotatable bonds is 5. The van der Waals surface area contributed by atoms with Crippen LogP contribution in [0.5, 0.6) is 0 Å². The Morgan fingerprint density at radius 1 is 1.29 bits per heavy atom. The molecule has 31 heavy (non-hydrogen) atoms. The van der Waals surface area contributed by atoms with E-state index < -0.39 is 29.4 Å². The second-order valence-electron chi connectivity index (χ2n) is 9.34. The van der Waals surface area contributed by atoms with Gasteiger partial charge in [0.15, 0.2) is 0 Å². The quantitative estimate of drug-likeness (QED) is 0.764. The summed E-state index contributed by atoms with van der Waals surface area (Å²) in [6, 6.07) is 4.94. The number of aryl methyl sites for hydroxylation is 1. The minimum atomic E-state index is -0.685. The van der Waals surface area contributed by atoms with E-state index in [1.807, 2.05) is 32.9 Å². The van der Waals surface area contributed by atoms with E-state index in [4.69, 9.17) is 5.73 Å². The first-order chi connectivity index (χ1) is 14.5. The van der Waals surface area contributed by atoms with Crippen LogP contribution in [0.3, 0.4) is 0 Å². The normalized spacial score (nSPS) is 18.7. The maximum atomic E-state index is 14.8. The van der Waals surface area contributed by atoms with Gasteiger partial charge in [-0.2, -0.15) is 5.10 Å². The number of nitrogens with one attached hydrogen (secondary N) is 1. The molecule has 3 N–H and O–H groups in total. The van der Waals surface area contributed by atoms with Gasteiger partial charge >= 0.3 is 0 Å². The Hall–Kier alpha value is -2.74. The fraction of sp³-hybridized carbons (Fsp3) is 0.522. The van der Waals surface area contributed by atoms with Gasteiger partial charge in [-0.1, -0.05) is 32.9 Å². The minimum absolute atomic E-state index is 0.218. The van der Waals surface area contributed by atoms with E-state index >= 15 is 0 Å². The van der Waals surface area contributed by atoms with Crippen LogP contribution in [0.15, 0.2) is 30.5 Å². The van der Waals surface area contributed by atoms with Crippen LogP contribution in [0.1, 0.15) is 52.1 Å². The molecule has 2 aromatic rings. The van der Waals surface area contributed by atoms with Crippen molar-refractivity contribution in [2.75, 3.05) is 6.54 Å². The monoisotopic (exact) mass is 429 g/mol. The van der Waals surface area contributed by atoms with Crippen molar-refractivity contribution in [1.82, 2.24) is 20.0 Å². The summed E-state index contributed by atoms with van der Waals surface area (Å²) in [5, 5.41) is 6.98. The van der Waals surface area contributed by atoms with Gasteiger partial charge in [0.1, 0.15) is 11.9 Å². The topological polar surface area (TPSA) is 93.2 Å². The van der Waals surface area contributed by atoms with Crippen LogP contribution in [0.2, 0.25) is 0 Å². The summed E-state index contributed by atoms with van der Waals surface area (Å²) in [7, 11) is 1.80. The lowest BCUT2D eigenvalue weighted by atomic mass is 9.86. The van der Waals surface area contributed by atoms with E-state index in [0.717, 1.165) is 12.1 Å². The first-order valence-corrected chi connectivity index (χ1v) is 10.6. The fourth-order valence-electron chi connectivity index (χ4n) is 3.93. The maximum Gasteiger partial charge on any atom is 0.243 e. The Morgan fingerprint density at radius 2 is 2.00 bits per heavy atom. The van der Waals surface area contributed by atoms with Crippen LogP contribution in [-0.4, -0.2) is 45.1 Å². The highest BCUT2D eigenvalue weighted by Crippen LogP contribution is 2.27. The molecule has 1 fully saturated rings. The van der Waals surface area contributed by atoms with Gasteiger partial charge in [-0.15, -0.1) is 0 Å². The van der Waals surface area contributed by atoms with Crippen molar-refractivity contribution in [3.63, 3.8) is 0 Å². The molecule has 168 valence electrons. The summed E-state index contributed by atoms with van der Waals surface area (Å²) in [6.07, 6.45) is 2.97. The molecular formula is C23H32FN5O2. The number of nitrogens with zero attached hydrogens (tertiary/aromatic N) is 3. The van der Waals surface area contributed by atoms with Gasteiger partial charge in [0.25, 0.3) is 0 Å². The van der Waals surface area contributed by atoms with E-state index in [9.17, 15) is 14.0 Å². The average molecular weight is 430 g/mol. The smallest absolute Gasteiger partial charge is 0.243 e. The zero-order chi connectivity index (χ0) is 22.9. The van der Waals surface area contributed by atoms with Crippen molar-refractivity contribution in [1.29, 1.82) is 0 Å². The summed E-state index contributed by atoms with van der Waals surface area (Å²) in [5.41, 5.74) is 7.64. The molecule has 1 aromatic carbocycles. The Bertz CT molecular complexity index is 965. The largest absolute Gasteiger partial charge is 0.348 e. The molecule has 3 unspecified atom stereocenters. The number of hydrogen-bond donors (Lipinski definition) is 2. The third-order valence-corrected chi connectivity index (χ3v) is 5.98. The molecule has 0 bridgehead atoms. The summed E-state index contributed by atoms with van der Waals surface area (Å²) in [4.78, 5) is 27.4. The van der Waals surface area contributed by atoms with Gasteiger partial charge in [-0.25, -0.2) is 4.39 Å². The van der Waals surface area contributed by atoms with E-state index in [1.54, 1.807) is 35.8 Å². The molecule has 2 heterocycles. The molecule has 3 atom stereocenters. The van der Waals surface area contributed by atoms with Crippen LogP contribution in [0.25, 0.3) is 11.3 Å². The fourth-order valence-corrected chi connectivity index (χ4v) is 3.93. The number of carbonyl (C=O) groups is 2. The van der Waals surface area contributed by atoms with Crippen LogP contribution in [0, 0.1) is 11.2 Å². The number of amides is 2. The molecule has 0 aliphatic carbocycles. The molecule has 7 nitrogen and oxygen atoms in total. The average Bonchev–Trinajstić information content (AvgIpc) is 3.34. The van der Waals surface area contributed by atoms with Crippen LogP contribution < -0.4 is 11.1 Å². The van der Waals surface area contributed by atoms with Gasteiger partial charge in [0, 0.05) is 30.9 Å². The van der Waals surface area contributed by atoms with Crippen molar-refractivity contribution < 1.29 is 14.0 Å². The van der Waals surface area contributed by atoms with Crippen molar-refractivity contribution in [2.24, 2.45) is 18.2 Å². The maximum absolute atomic E-state index is 14.8. The van der Waals surface area contributed by atoms with Gasteiger partial charge in [-0.3, -0.25) is 14.3 Å². The molecule has 0 spiro atoms. The number of benzene rings is 1. The molecule has 8 heteroatoms. The standard InChI is InChI=1S/C23H32FN5O2/c1-14(16-9-8-15(13-17(16)24)18-10-11-26-28(18)5)27-21(30)19-7-6-12-29(19)22(31)20(25)23(2,3)4/h8-11,13-14,19-20H,6-7,12,25H2,1-5H3,(H,27,30). The third kappa shape index (κ3) is 4.79. The summed E-state index contributed by atoms with van der Waals surface area (Å²) < 4.78 is 16.5. The number of nitrogens with two attached hydrogens (primary N) is 1. The van der Waals surface area contributed by atoms with Crippen molar-refractivity contribution in [2.45, 2.75) is 58.7 Å². The Morgan fingerprint density at radius 3 is 2.58 bits per heavy atom. The number of aromatic nitrogens is 2. The molecule has 0 radical (unpaired) electrons. The molecule has 1 aromatic heterocycles. The predicted molar refractivity (Wildman–Crippen MR) is 117 cm³/mol. The third-order valence-electron chi connectivity index (χ3n) is 5.98. The van der Waals surface area contributed by atoms with E-state index in [0.29, 0.717) is 24.1 Å². The number of halogens is 1. The second kappa shape index (κ2) is 8.78. The Labute approximate surface area is 182 Å². The number of hydrogen-bond acceptors (Lipinski definition) is 4. The van der Waals surface area contributed by atoms with Crippen LogP contribution in [0.4, 0.5) is 4.39 Å². The highest BCUT2D eigenvalue weighted by Gasteiger charge is 2.39. The lowest BCUT2D eigenvalue weighted by Crippen LogP contribution is -2.55. The minimum Gasteiger partial charge on any atom is -0.348 e. The Balaban J connectivity index is 1.71. The SMILES string of the molecule is CC(NC(=O)C1CCCN1C(=O)C(N)C(C)(C)C)c1ccc(-c2ccnn2C)cc1F. The van der Waals surface area contributed by atoms with Gasteiger partial charge in [-0.05, 0) is 37.3 Å². The Kier molecular flexibility index (Phi) is 6.50. The first-order valence-electron chi connectivity index (χ1n) is 10.6. The van der Waals surface area contributed by atoms with Gasteiger partial charge in [0.05, 0.1) is 17.8 Å². The number of likely N-dealkylation sites (tertiary alicyclic amines) is 1. The molecule has 0 saturated carbocycles. The first kappa shape index (κ1) is 22.9. The molecule has 2 amide bonds. The van der Waals surface area contributed by atoms with Crippen LogP contribution >= 0.6 is 0 Å². The lowest BCUT2D eigenvalue weighted by Gasteiger charge is -2.33. The molecule has 1 aliphatic rings. The second-order valence-corrected chi connectivity index (χ2v) is 9.34. The van der Waals surface area contributed by atoms with Crippen molar-refractivity contribution in [3.05, 3.63) is 41.8 Å². The lowest BCUT2D eigenvalue weighted by molar-refractivity contribution is -0.141. The zero-order valence-electron chi connectivity index (χ0n) is 18.9. The number of carbonyl (C=O) groups excluding carboxylic acids is 2. The summed E-state index contributed by atoms with van der Waals surface area (Å²) in [5.74, 6) is -0.903. The van der Waals surface area contributed by atoms with Crippen molar-refractivity contribution in [3.8, 4) is 11.3 Å². The van der Waals surface area contributed by atoms with Crippen molar-refractivity contribution >= 4 is 11.8 Å². The molecule has 3 rings (SSSR count). The predicted octanol–water partition coefficient (Wildman–Crippen LogP) is 2.77. The van der Waals surface area contributed by atoms with E-state index in [1.165, 1.54) is 6.07 Å². The molecular weight excluding hydrogens is 397 g/mol. The summed E-state index contributed by atoms with van der Waals surface area (Å²) >= 11 is 0. The van der Waals surface area contributed by atoms with Crippen LogP contribution in [-0.2, 0) is 16.6 Å². The summed E-state index contributed by atoms with van der Waals surface area (Å²) in [6.45, 7) is 7.95. The van der Waals surface area contributed by atoms with Gasteiger partial charge < -0.3 is 16.0 Å². The molecule has 1 aliphatic heterocycles. The van der Waals surface area contributed by atoms with Gasteiger partial charge in [0.2, 0.25) is 11.8 Å². The highest BCUT2D eigenvalue weighted by molar-refractivity contribution is 5.90. The van der Waals surface area contributed by atoms with E-state index in [2.05, 4.69) is 10.4 Å². The highest BCUT2D eigenvalue weighted by atomic mass is 19.1. The molecule has 1 saturated heterocycles.